The highest BCUT2D eigenvalue weighted by Gasteiger charge is 2.29. The van der Waals surface area contributed by atoms with E-state index >= 15 is 0 Å². The molecule has 1 saturated heterocycles. The van der Waals surface area contributed by atoms with Gasteiger partial charge in [-0.1, -0.05) is 48.0 Å². The van der Waals surface area contributed by atoms with Crippen LogP contribution in [0.5, 0.6) is 0 Å². The summed E-state index contributed by atoms with van der Waals surface area (Å²) in [5, 5.41) is 12.2. The minimum atomic E-state index is -3.65. The standard InChI is InChI=1S/C25H21ClN4O3S/c26-19-9-11-20(12-10-19)34(31,32)30-14-4-13-29(15-16-30)25-23(17-27)28-24(33-25)22-8-3-6-18-5-1-2-7-21(18)22/h1-3,5-12H,4,13-16H2. The Kier molecular flexibility index (Phi) is 6.00. The van der Waals surface area contributed by atoms with Crippen LogP contribution in [0.25, 0.3) is 22.2 Å². The van der Waals surface area contributed by atoms with Crippen molar-refractivity contribution in [2.24, 2.45) is 0 Å². The maximum absolute atomic E-state index is 13.1. The number of fused-ring (bicyclic) bond motifs is 1. The fraction of sp³-hybridized carbons (Fsp3) is 0.200. The molecule has 0 radical (unpaired) electrons. The van der Waals surface area contributed by atoms with Gasteiger partial charge in [0.05, 0.1) is 4.90 Å². The van der Waals surface area contributed by atoms with Crippen LogP contribution >= 0.6 is 11.6 Å². The molecule has 0 unspecified atom stereocenters. The van der Waals surface area contributed by atoms with E-state index in [0.29, 0.717) is 42.9 Å². The van der Waals surface area contributed by atoms with Gasteiger partial charge in [0.15, 0.2) is 0 Å². The lowest BCUT2D eigenvalue weighted by atomic mass is 10.0. The minimum absolute atomic E-state index is 0.192. The minimum Gasteiger partial charge on any atom is -0.419 e. The topological polar surface area (TPSA) is 90.4 Å². The lowest BCUT2D eigenvalue weighted by molar-refractivity contribution is 0.432. The summed E-state index contributed by atoms with van der Waals surface area (Å²) < 4.78 is 33.8. The van der Waals surface area contributed by atoms with Gasteiger partial charge in [0, 0.05) is 36.8 Å². The smallest absolute Gasteiger partial charge is 0.243 e. The van der Waals surface area contributed by atoms with E-state index in [9.17, 15) is 13.7 Å². The van der Waals surface area contributed by atoms with Crippen molar-refractivity contribution in [3.8, 4) is 17.5 Å². The van der Waals surface area contributed by atoms with Gasteiger partial charge in [-0.25, -0.2) is 8.42 Å². The van der Waals surface area contributed by atoms with E-state index in [1.54, 1.807) is 12.1 Å². The summed E-state index contributed by atoms with van der Waals surface area (Å²) in [6.07, 6.45) is 0.585. The van der Waals surface area contributed by atoms with Gasteiger partial charge in [-0.15, -0.1) is 0 Å². The average Bonchev–Trinajstić information content (AvgIpc) is 3.12. The number of nitriles is 1. The van der Waals surface area contributed by atoms with Crippen LogP contribution in [0.1, 0.15) is 12.1 Å². The SMILES string of the molecule is N#Cc1nc(-c2cccc3ccccc23)oc1N1CCCN(S(=O)(=O)c2ccc(Cl)cc2)CC1. The lowest BCUT2D eigenvalue weighted by Crippen LogP contribution is -2.35. The van der Waals surface area contributed by atoms with Crippen LogP contribution in [-0.2, 0) is 10.0 Å². The van der Waals surface area contributed by atoms with Gasteiger partial charge in [-0.05, 0) is 47.5 Å². The van der Waals surface area contributed by atoms with Gasteiger partial charge in [-0.2, -0.15) is 14.6 Å². The Balaban J connectivity index is 1.42. The van der Waals surface area contributed by atoms with Crippen LogP contribution in [-0.4, -0.2) is 43.9 Å². The molecule has 0 amide bonds. The molecule has 0 saturated carbocycles. The molecule has 1 aromatic heterocycles. The predicted molar refractivity (Wildman–Crippen MR) is 131 cm³/mol. The number of hydrogen-bond donors (Lipinski definition) is 0. The first-order valence-corrected chi connectivity index (χ1v) is 12.7. The average molecular weight is 493 g/mol. The lowest BCUT2D eigenvalue weighted by Gasteiger charge is -2.21. The third kappa shape index (κ3) is 4.14. The molecule has 1 fully saturated rings. The van der Waals surface area contributed by atoms with Crippen LogP contribution in [0.3, 0.4) is 0 Å². The second kappa shape index (κ2) is 9.11. The van der Waals surface area contributed by atoms with E-state index in [4.69, 9.17) is 16.0 Å². The molecule has 0 N–H and O–H groups in total. The van der Waals surface area contributed by atoms with Crippen LogP contribution in [0.2, 0.25) is 5.02 Å². The maximum Gasteiger partial charge on any atom is 0.243 e. The van der Waals surface area contributed by atoms with Crippen LogP contribution in [0.15, 0.2) is 76.0 Å². The molecule has 5 rings (SSSR count). The first-order valence-electron chi connectivity index (χ1n) is 10.9. The summed E-state index contributed by atoms with van der Waals surface area (Å²) in [5.74, 6) is 0.745. The normalized spacial score (nSPS) is 15.2. The fourth-order valence-electron chi connectivity index (χ4n) is 4.22. The maximum atomic E-state index is 13.1. The van der Waals surface area contributed by atoms with Crippen molar-refractivity contribution in [3.05, 3.63) is 77.4 Å². The molecule has 9 heteroatoms. The van der Waals surface area contributed by atoms with E-state index < -0.39 is 10.0 Å². The number of oxazole rings is 1. The molecule has 0 aliphatic carbocycles. The van der Waals surface area contributed by atoms with E-state index in [1.165, 1.54) is 16.4 Å². The second-order valence-electron chi connectivity index (χ2n) is 8.01. The molecule has 0 bridgehead atoms. The van der Waals surface area contributed by atoms with Crippen LogP contribution < -0.4 is 4.90 Å². The first kappa shape index (κ1) is 22.4. The van der Waals surface area contributed by atoms with Crippen molar-refractivity contribution in [2.75, 3.05) is 31.1 Å². The molecule has 172 valence electrons. The number of rotatable bonds is 4. The van der Waals surface area contributed by atoms with E-state index in [1.807, 2.05) is 47.4 Å². The number of anilines is 1. The number of sulfonamides is 1. The van der Waals surface area contributed by atoms with Gasteiger partial charge in [0.25, 0.3) is 0 Å². The quantitative estimate of drug-likeness (QED) is 0.401. The molecule has 1 aliphatic rings. The van der Waals surface area contributed by atoms with Crippen molar-refractivity contribution in [1.82, 2.24) is 9.29 Å². The molecule has 4 aromatic rings. The Hall–Kier alpha value is -3.38. The van der Waals surface area contributed by atoms with Gasteiger partial charge in [0.2, 0.25) is 27.5 Å². The Morgan fingerprint density at radius 1 is 0.941 bits per heavy atom. The van der Waals surface area contributed by atoms with E-state index in [0.717, 1.165) is 16.3 Å². The Bertz CT molecular complexity index is 1490. The second-order valence-corrected chi connectivity index (χ2v) is 10.4. The molecule has 0 spiro atoms. The monoisotopic (exact) mass is 492 g/mol. The van der Waals surface area contributed by atoms with E-state index in [-0.39, 0.29) is 17.1 Å². The molecular weight excluding hydrogens is 472 g/mol. The number of halogens is 1. The van der Waals surface area contributed by atoms with Crippen LogP contribution in [0.4, 0.5) is 5.88 Å². The highest BCUT2D eigenvalue weighted by atomic mass is 35.5. The third-order valence-electron chi connectivity index (χ3n) is 5.93. The molecule has 1 aliphatic heterocycles. The molecule has 3 aromatic carbocycles. The summed E-state index contributed by atoms with van der Waals surface area (Å²) in [6.45, 7) is 1.56. The molecule has 0 atom stereocenters. The van der Waals surface area contributed by atoms with Gasteiger partial charge >= 0.3 is 0 Å². The zero-order valence-electron chi connectivity index (χ0n) is 18.2. The van der Waals surface area contributed by atoms with Crippen molar-refractivity contribution >= 4 is 38.3 Å². The largest absolute Gasteiger partial charge is 0.419 e. The highest BCUT2D eigenvalue weighted by Crippen LogP contribution is 2.33. The molecule has 7 nitrogen and oxygen atoms in total. The zero-order valence-corrected chi connectivity index (χ0v) is 19.8. The summed E-state index contributed by atoms with van der Waals surface area (Å²) in [7, 11) is -3.65. The van der Waals surface area contributed by atoms with Crippen molar-refractivity contribution in [3.63, 3.8) is 0 Å². The number of hydrogen-bond acceptors (Lipinski definition) is 6. The predicted octanol–water partition coefficient (Wildman–Crippen LogP) is 4.92. The molecule has 34 heavy (non-hydrogen) atoms. The Labute approximate surface area is 202 Å². The van der Waals surface area contributed by atoms with Gasteiger partial charge in [-0.3, -0.25) is 0 Å². The molecule has 2 heterocycles. The van der Waals surface area contributed by atoms with Gasteiger partial charge in [0.1, 0.15) is 6.07 Å². The summed E-state index contributed by atoms with van der Waals surface area (Å²) in [6, 6.07) is 22.1. The van der Waals surface area contributed by atoms with Crippen molar-refractivity contribution < 1.29 is 12.8 Å². The first-order chi connectivity index (χ1) is 16.5. The van der Waals surface area contributed by atoms with Crippen LogP contribution in [0, 0.1) is 11.3 Å². The number of benzene rings is 3. The summed E-state index contributed by atoms with van der Waals surface area (Å²) >= 11 is 5.91. The Morgan fingerprint density at radius 3 is 2.50 bits per heavy atom. The summed E-state index contributed by atoms with van der Waals surface area (Å²) in [4.78, 5) is 6.57. The number of nitrogens with zero attached hydrogens (tertiary/aromatic N) is 4. The van der Waals surface area contributed by atoms with Crippen molar-refractivity contribution in [2.45, 2.75) is 11.3 Å². The third-order valence-corrected chi connectivity index (χ3v) is 8.09. The highest BCUT2D eigenvalue weighted by molar-refractivity contribution is 7.89. The van der Waals surface area contributed by atoms with E-state index in [2.05, 4.69) is 11.1 Å². The number of aromatic nitrogens is 1. The Morgan fingerprint density at radius 2 is 1.71 bits per heavy atom. The molecular formula is C25H21ClN4O3S. The fourth-order valence-corrected chi connectivity index (χ4v) is 5.81. The van der Waals surface area contributed by atoms with Gasteiger partial charge < -0.3 is 9.32 Å². The van der Waals surface area contributed by atoms with Crippen molar-refractivity contribution in [1.29, 1.82) is 5.26 Å². The zero-order chi connectivity index (χ0) is 23.7. The summed E-state index contributed by atoms with van der Waals surface area (Å²) in [5.41, 5.74) is 1.000.